The third-order valence-electron chi connectivity index (χ3n) is 10.5. The molecule has 0 N–H and O–H groups in total. The molecule has 59 heavy (non-hydrogen) atoms. The normalized spacial score (nSPS) is 12.8. The zero-order chi connectivity index (χ0) is 42.5. The van der Waals surface area contributed by atoms with Crippen LogP contribution in [-0.4, -0.2) is 26.4 Å². The van der Waals surface area contributed by atoms with Crippen LogP contribution in [0.4, 0.5) is 17.6 Å². The van der Waals surface area contributed by atoms with E-state index in [0.717, 1.165) is 11.1 Å². The van der Waals surface area contributed by atoms with E-state index in [9.17, 15) is 8.78 Å². The van der Waals surface area contributed by atoms with Crippen molar-refractivity contribution in [3.8, 4) is 34.5 Å². The highest BCUT2D eigenvalue weighted by Crippen LogP contribution is 2.42. The Labute approximate surface area is 352 Å². The van der Waals surface area contributed by atoms with Crippen LogP contribution >= 0.6 is 23.2 Å². The van der Waals surface area contributed by atoms with Gasteiger partial charge in [0.25, 0.3) is 0 Å². The Hall–Kier alpha value is -5.22. The minimum Gasteiger partial charge on any atom is -0.495 e. The molecule has 308 valence electrons. The molecule has 0 aromatic heterocycles. The first kappa shape index (κ1) is 43.4. The topological polar surface area (TPSA) is 46.2 Å². The summed E-state index contributed by atoms with van der Waals surface area (Å²) in [7, 11) is 3.06. The number of benzene rings is 6. The lowest BCUT2D eigenvalue weighted by Crippen LogP contribution is -2.46. The van der Waals surface area contributed by atoms with E-state index < -0.39 is 46.3 Å². The summed E-state index contributed by atoms with van der Waals surface area (Å²) in [6, 6.07) is 30.8. The molecule has 0 saturated heterocycles. The number of ether oxygens (including phenoxy) is 5. The minimum atomic E-state index is -0.814. The summed E-state index contributed by atoms with van der Waals surface area (Å²) in [4.78, 5) is 0. The molecule has 11 heteroatoms. The van der Waals surface area contributed by atoms with Gasteiger partial charge in [0.05, 0.1) is 36.5 Å². The molecule has 0 bridgehead atoms. The van der Waals surface area contributed by atoms with Crippen LogP contribution in [0.25, 0.3) is 0 Å². The summed E-state index contributed by atoms with van der Waals surface area (Å²) in [5.41, 5.74) is 1.06. The molecule has 2 unspecified atom stereocenters. The Morgan fingerprint density at radius 2 is 0.864 bits per heavy atom. The lowest BCUT2D eigenvalue weighted by molar-refractivity contribution is -0.0753. The van der Waals surface area contributed by atoms with Crippen molar-refractivity contribution in [2.24, 2.45) is 0 Å². The third-order valence-corrected chi connectivity index (χ3v) is 11.1. The zero-order valence-electron chi connectivity index (χ0n) is 33.4. The van der Waals surface area contributed by atoms with E-state index in [4.69, 9.17) is 46.9 Å². The van der Waals surface area contributed by atoms with Crippen molar-refractivity contribution >= 4 is 23.2 Å². The Bertz CT molecular complexity index is 2250. The van der Waals surface area contributed by atoms with Crippen LogP contribution in [0.3, 0.4) is 0 Å². The van der Waals surface area contributed by atoms with Crippen molar-refractivity contribution in [3.63, 3.8) is 0 Å². The summed E-state index contributed by atoms with van der Waals surface area (Å²) in [6.45, 7) is 8.00. The summed E-state index contributed by atoms with van der Waals surface area (Å²) >= 11 is 13.4. The molecule has 0 aliphatic rings. The first-order valence-corrected chi connectivity index (χ1v) is 19.6. The number of rotatable bonds is 16. The van der Waals surface area contributed by atoms with Gasteiger partial charge >= 0.3 is 0 Å². The first-order valence-electron chi connectivity index (χ1n) is 18.8. The van der Waals surface area contributed by atoms with E-state index in [-0.39, 0.29) is 35.8 Å². The van der Waals surface area contributed by atoms with Gasteiger partial charge in [-0.25, -0.2) is 17.6 Å². The lowest BCUT2D eigenvalue weighted by Gasteiger charge is -2.43. The van der Waals surface area contributed by atoms with Crippen LogP contribution in [0.1, 0.15) is 49.9 Å². The van der Waals surface area contributed by atoms with Gasteiger partial charge in [-0.15, -0.1) is 0 Å². The minimum absolute atomic E-state index is 0.168. The molecule has 0 saturated carbocycles. The van der Waals surface area contributed by atoms with Crippen LogP contribution in [-0.2, 0) is 28.4 Å². The molecule has 0 heterocycles. The molecule has 5 nitrogen and oxygen atoms in total. The highest BCUT2D eigenvalue weighted by Gasteiger charge is 2.40. The van der Waals surface area contributed by atoms with Crippen LogP contribution in [0, 0.1) is 23.3 Å². The largest absolute Gasteiger partial charge is 0.495 e. The number of hydrogen-bond acceptors (Lipinski definition) is 5. The summed E-state index contributed by atoms with van der Waals surface area (Å²) in [5.74, 6) is -0.375. The van der Waals surface area contributed by atoms with Gasteiger partial charge in [-0.2, -0.15) is 0 Å². The molecule has 6 aromatic rings. The van der Waals surface area contributed by atoms with Crippen LogP contribution in [0.5, 0.6) is 34.5 Å². The predicted octanol–water partition coefficient (Wildman–Crippen LogP) is 13.6. The van der Waals surface area contributed by atoms with Gasteiger partial charge in [0.15, 0.2) is 0 Å². The summed E-state index contributed by atoms with van der Waals surface area (Å²) < 4.78 is 88.9. The van der Waals surface area contributed by atoms with Gasteiger partial charge in [0.1, 0.15) is 57.8 Å². The second-order valence-electron chi connectivity index (χ2n) is 15.4. The maximum atomic E-state index is 15.4. The maximum absolute atomic E-state index is 15.4. The third kappa shape index (κ3) is 10.7. The van der Waals surface area contributed by atoms with E-state index in [1.807, 2.05) is 52.0 Å². The van der Waals surface area contributed by atoms with E-state index in [1.165, 1.54) is 74.9 Å². The average molecular weight is 848 g/mol. The van der Waals surface area contributed by atoms with Gasteiger partial charge in [-0.05, 0) is 108 Å². The average Bonchev–Trinajstić information content (AvgIpc) is 3.16. The predicted molar refractivity (Wildman–Crippen MR) is 224 cm³/mol. The fraction of sp³-hybridized carbons (Fsp3) is 0.250. The standard InChI is InChI=1S/C48H44Cl2F4O5/c1-47(2,31-13-15-43(55-5)41(49)23-31)45(21-29-17-35(53)27-39(19-29)57-37-11-7-9-33(51)25-37)59-46(48(3,4)32-14-16-44(56-6)42(50)24-32)22-30-18-36(54)28-40(20-30)58-38-12-8-10-34(52)26-38/h7-20,23-28,45-46H,21-22H2,1-6H3. The van der Waals surface area contributed by atoms with E-state index in [2.05, 4.69) is 0 Å². The van der Waals surface area contributed by atoms with Crippen molar-refractivity contribution in [1.82, 2.24) is 0 Å². The molecule has 2 atom stereocenters. The van der Waals surface area contributed by atoms with E-state index in [0.29, 0.717) is 32.7 Å². The maximum Gasteiger partial charge on any atom is 0.137 e. The Kier molecular flexibility index (Phi) is 13.5. The SMILES string of the molecule is COc1ccc(C(C)(C)C(Cc2cc(F)cc(Oc3cccc(F)c3)c2)OC(Cc2cc(F)cc(Oc3cccc(F)c3)c2)C(C)(C)c2ccc(OC)c(Cl)c2)cc1Cl. The number of halogens is 6. The van der Waals surface area contributed by atoms with Crippen molar-refractivity contribution < 1.29 is 41.2 Å². The molecule has 6 rings (SSSR count). The molecule has 0 fully saturated rings. The zero-order valence-corrected chi connectivity index (χ0v) is 34.9. The fourth-order valence-electron chi connectivity index (χ4n) is 7.01. The van der Waals surface area contributed by atoms with Gasteiger partial charge in [-0.1, -0.05) is 75.2 Å². The van der Waals surface area contributed by atoms with Gasteiger partial charge in [0.2, 0.25) is 0 Å². The molecular formula is C48H44Cl2F4O5. The highest BCUT2D eigenvalue weighted by atomic mass is 35.5. The second kappa shape index (κ2) is 18.4. The lowest BCUT2D eigenvalue weighted by atomic mass is 9.74. The quantitative estimate of drug-likeness (QED) is 0.0908. The van der Waals surface area contributed by atoms with Crippen LogP contribution in [0.2, 0.25) is 10.0 Å². The Morgan fingerprint density at radius 3 is 1.22 bits per heavy atom. The van der Waals surface area contributed by atoms with Crippen molar-refractivity contribution in [2.75, 3.05) is 14.2 Å². The van der Waals surface area contributed by atoms with Gasteiger partial charge in [0, 0.05) is 35.1 Å². The molecule has 0 spiro atoms. The van der Waals surface area contributed by atoms with Crippen molar-refractivity contribution in [2.45, 2.75) is 63.6 Å². The number of methoxy groups -OCH3 is 2. The molecule has 0 aliphatic carbocycles. The molecule has 6 aromatic carbocycles. The number of hydrogen-bond donors (Lipinski definition) is 0. The second-order valence-corrected chi connectivity index (χ2v) is 16.2. The fourth-order valence-corrected chi connectivity index (χ4v) is 7.52. The molecule has 0 amide bonds. The van der Waals surface area contributed by atoms with Crippen LogP contribution < -0.4 is 18.9 Å². The Morgan fingerprint density at radius 1 is 0.475 bits per heavy atom. The van der Waals surface area contributed by atoms with E-state index in [1.54, 1.807) is 36.4 Å². The molecular weight excluding hydrogens is 803 g/mol. The molecule has 0 aliphatic heterocycles. The van der Waals surface area contributed by atoms with Crippen LogP contribution in [0.15, 0.2) is 121 Å². The van der Waals surface area contributed by atoms with E-state index >= 15 is 8.78 Å². The highest BCUT2D eigenvalue weighted by molar-refractivity contribution is 6.32. The monoisotopic (exact) mass is 846 g/mol. The Balaban J connectivity index is 1.45. The smallest absolute Gasteiger partial charge is 0.137 e. The van der Waals surface area contributed by atoms with Crippen molar-refractivity contribution in [1.29, 1.82) is 0 Å². The first-order chi connectivity index (χ1) is 28.0. The summed E-state index contributed by atoms with van der Waals surface area (Å²) in [5, 5.41) is 0.785. The summed E-state index contributed by atoms with van der Waals surface area (Å²) in [6.07, 6.45) is -1.07. The van der Waals surface area contributed by atoms with Crippen molar-refractivity contribution in [3.05, 3.63) is 177 Å². The van der Waals surface area contributed by atoms with Gasteiger partial charge in [-0.3, -0.25) is 0 Å². The molecule has 0 radical (unpaired) electrons. The van der Waals surface area contributed by atoms with Gasteiger partial charge < -0.3 is 23.7 Å².